The van der Waals surface area contributed by atoms with E-state index >= 15 is 0 Å². The van der Waals surface area contributed by atoms with Gasteiger partial charge in [-0.05, 0) is 61.9 Å². The predicted molar refractivity (Wildman–Crippen MR) is 67.5 cm³/mol. The van der Waals surface area contributed by atoms with Crippen molar-refractivity contribution in [3.8, 4) is 0 Å². The summed E-state index contributed by atoms with van der Waals surface area (Å²) >= 11 is 0. The zero-order valence-electron chi connectivity index (χ0n) is 11.0. The first-order chi connectivity index (χ1) is 7.93. The Morgan fingerprint density at radius 2 is 1.71 bits per heavy atom. The molecule has 3 nitrogen and oxygen atoms in total. The topological polar surface area (TPSA) is 46.5 Å². The lowest BCUT2D eigenvalue weighted by Gasteiger charge is -2.15. The highest BCUT2D eigenvalue weighted by Crippen LogP contribution is 2.21. The number of aryl methyl sites for hydroxylation is 2. The van der Waals surface area contributed by atoms with Crippen LogP contribution < -0.4 is 0 Å². The van der Waals surface area contributed by atoms with E-state index in [-0.39, 0.29) is 6.61 Å². The van der Waals surface area contributed by atoms with Crippen molar-refractivity contribution in [3.05, 3.63) is 33.9 Å². The molecule has 0 saturated carbocycles. The Kier molecular flexibility index (Phi) is 4.70. The molecule has 0 amide bonds. The van der Waals surface area contributed by atoms with Crippen molar-refractivity contribution in [2.75, 3.05) is 13.2 Å². The van der Waals surface area contributed by atoms with E-state index in [4.69, 9.17) is 9.84 Å². The maximum atomic E-state index is 10.3. The monoisotopic (exact) mass is 236 g/mol. The van der Waals surface area contributed by atoms with Gasteiger partial charge in [-0.1, -0.05) is 6.07 Å². The molecule has 0 spiro atoms. The van der Waals surface area contributed by atoms with Gasteiger partial charge in [0.15, 0.2) is 0 Å². The highest BCUT2D eigenvalue weighted by molar-refractivity contribution is 5.67. The predicted octanol–water partition coefficient (Wildman–Crippen LogP) is 2.56. The molecule has 0 fully saturated rings. The Labute approximate surface area is 102 Å². The highest BCUT2D eigenvalue weighted by atomic mass is 16.5. The number of carboxylic acid groups (broad SMARTS) is 1. The van der Waals surface area contributed by atoms with Crippen molar-refractivity contribution in [2.24, 2.45) is 0 Å². The molecule has 17 heavy (non-hydrogen) atoms. The van der Waals surface area contributed by atoms with Gasteiger partial charge >= 0.3 is 5.97 Å². The zero-order chi connectivity index (χ0) is 13.0. The molecule has 0 aliphatic heterocycles. The molecule has 0 atom stereocenters. The summed E-state index contributed by atoms with van der Waals surface area (Å²) in [7, 11) is 0. The second-order valence-electron chi connectivity index (χ2n) is 4.44. The molecule has 0 aliphatic rings. The third kappa shape index (κ3) is 3.56. The molecule has 0 radical (unpaired) electrons. The molecule has 0 saturated heterocycles. The molecule has 1 rings (SSSR count). The van der Waals surface area contributed by atoms with Gasteiger partial charge in [0, 0.05) is 0 Å². The Hall–Kier alpha value is -1.35. The van der Waals surface area contributed by atoms with Crippen molar-refractivity contribution in [2.45, 2.75) is 34.1 Å². The Bertz CT molecular complexity index is 396. The van der Waals surface area contributed by atoms with Gasteiger partial charge in [0.25, 0.3) is 0 Å². The largest absolute Gasteiger partial charge is 0.480 e. The van der Waals surface area contributed by atoms with Crippen LogP contribution in [0.15, 0.2) is 6.07 Å². The van der Waals surface area contributed by atoms with Crippen LogP contribution in [0.4, 0.5) is 0 Å². The SMILES string of the molecule is Cc1cc(C)c(C)c(CCOCC(=O)O)c1C. The average molecular weight is 236 g/mol. The van der Waals surface area contributed by atoms with E-state index < -0.39 is 5.97 Å². The molecule has 0 aliphatic carbocycles. The Morgan fingerprint density at radius 1 is 1.18 bits per heavy atom. The molecule has 0 unspecified atom stereocenters. The van der Waals surface area contributed by atoms with Gasteiger partial charge in [-0.15, -0.1) is 0 Å². The molecule has 0 aromatic heterocycles. The summed E-state index contributed by atoms with van der Waals surface area (Å²) in [6.07, 6.45) is 0.771. The fraction of sp³-hybridized carbons (Fsp3) is 0.500. The first-order valence-electron chi connectivity index (χ1n) is 5.79. The van der Waals surface area contributed by atoms with Crippen LogP contribution in [0, 0.1) is 27.7 Å². The third-order valence-electron chi connectivity index (χ3n) is 3.24. The number of benzene rings is 1. The van der Waals surface area contributed by atoms with E-state index in [0.29, 0.717) is 6.61 Å². The lowest BCUT2D eigenvalue weighted by atomic mass is 9.92. The summed E-state index contributed by atoms with van der Waals surface area (Å²) in [5.41, 5.74) is 6.41. The zero-order valence-corrected chi connectivity index (χ0v) is 11.0. The fourth-order valence-corrected chi connectivity index (χ4v) is 2.01. The molecule has 94 valence electrons. The lowest BCUT2D eigenvalue weighted by Crippen LogP contribution is -2.10. The van der Waals surface area contributed by atoms with E-state index in [9.17, 15) is 4.79 Å². The number of hydrogen-bond donors (Lipinski definition) is 1. The number of rotatable bonds is 5. The van der Waals surface area contributed by atoms with Crippen LogP contribution in [0.1, 0.15) is 27.8 Å². The molecule has 1 N–H and O–H groups in total. The van der Waals surface area contributed by atoms with Crippen molar-refractivity contribution < 1.29 is 14.6 Å². The quantitative estimate of drug-likeness (QED) is 0.799. The normalized spacial score (nSPS) is 10.6. The summed E-state index contributed by atoms with van der Waals surface area (Å²) in [5, 5.41) is 8.48. The second kappa shape index (κ2) is 5.82. The molecule has 1 aromatic carbocycles. The molecule has 3 heteroatoms. The van der Waals surface area contributed by atoms with Crippen molar-refractivity contribution in [1.29, 1.82) is 0 Å². The Balaban J connectivity index is 2.73. The van der Waals surface area contributed by atoms with Crippen LogP contribution in [0.25, 0.3) is 0 Å². The fourth-order valence-electron chi connectivity index (χ4n) is 2.01. The van der Waals surface area contributed by atoms with Gasteiger partial charge in [-0.25, -0.2) is 4.79 Å². The van der Waals surface area contributed by atoms with Crippen LogP contribution in [0.2, 0.25) is 0 Å². The summed E-state index contributed by atoms with van der Waals surface area (Å²) in [6.45, 7) is 8.65. The lowest BCUT2D eigenvalue weighted by molar-refractivity contribution is -0.142. The van der Waals surface area contributed by atoms with Gasteiger partial charge < -0.3 is 9.84 Å². The molecule has 1 aromatic rings. The van der Waals surface area contributed by atoms with Gasteiger partial charge in [0.2, 0.25) is 0 Å². The number of carboxylic acids is 1. The minimum atomic E-state index is -0.918. The minimum absolute atomic E-state index is 0.219. The minimum Gasteiger partial charge on any atom is -0.480 e. The maximum Gasteiger partial charge on any atom is 0.329 e. The van der Waals surface area contributed by atoms with Crippen LogP contribution >= 0.6 is 0 Å². The van der Waals surface area contributed by atoms with Crippen molar-refractivity contribution >= 4 is 5.97 Å². The van der Waals surface area contributed by atoms with Crippen molar-refractivity contribution in [3.63, 3.8) is 0 Å². The molecule has 0 heterocycles. The van der Waals surface area contributed by atoms with Gasteiger partial charge in [-0.2, -0.15) is 0 Å². The average Bonchev–Trinajstić information content (AvgIpc) is 2.25. The number of ether oxygens (including phenoxy) is 1. The summed E-state index contributed by atoms with van der Waals surface area (Å²) < 4.78 is 5.09. The summed E-state index contributed by atoms with van der Waals surface area (Å²) in [4.78, 5) is 10.3. The van der Waals surface area contributed by atoms with Gasteiger partial charge in [0.1, 0.15) is 6.61 Å². The first kappa shape index (κ1) is 13.7. The van der Waals surface area contributed by atoms with E-state index in [1.54, 1.807) is 0 Å². The molecule has 0 bridgehead atoms. The summed E-state index contributed by atoms with van der Waals surface area (Å²) in [5.74, 6) is -0.918. The van der Waals surface area contributed by atoms with Crippen LogP contribution in [0.3, 0.4) is 0 Å². The highest BCUT2D eigenvalue weighted by Gasteiger charge is 2.08. The van der Waals surface area contributed by atoms with E-state index in [0.717, 1.165) is 6.42 Å². The number of hydrogen-bond acceptors (Lipinski definition) is 2. The van der Waals surface area contributed by atoms with E-state index in [2.05, 4.69) is 33.8 Å². The Morgan fingerprint density at radius 3 is 2.18 bits per heavy atom. The maximum absolute atomic E-state index is 10.3. The number of carbonyl (C=O) groups is 1. The first-order valence-corrected chi connectivity index (χ1v) is 5.79. The smallest absolute Gasteiger partial charge is 0.329 e. The van der Waals surface area contributed by atoms with Gasteiger partial charge in [-0.3, -0.25) is 0 Å². The van der Waals surface area contributed by atoms with E-state index in [1.165, 1.54) is 27.8 Å². The van der Waals surface area contributed by atoms with Crippen molar-refractivity contribution in [1.82, 2.24) is 0 Å². The molecular formula is C14H20O3. The summed E-state index contributed by atoms with van der Waals surface area (Å²) in [6, 6.07) is 2.19. The van der Waals surface area contributed by atoms with Crippen LogP contribution in [-0.2, 0) is 16.0 Å². The third-order valence-corrected chi connectivity index (χ3v) is 3.24. The number of aliphatic carboxylic acids is 1. The van der Waals surface area contributed by atoms with E-state index in [1.807, 2.05) is 0 Å². The second-order valence-corrected chi connectivity index (χ2v) is 4.44. The van der Waals surface area contributed by atoms with Crippen LogP contribution in [-0.4, -0.2) is 24.3 Å². The van der Waals surface area contributed by atoms with Gasteiger partial charge in [0.05, 0.1) is 6.61 Å². The standard InChI is InChI=1S/C14H20O3/c1-9-7-10(2)12(4)13(11(9)3)5-6-17-8-14(15)16/h7H,5-6,8H2,1-4H3,(H,15,16). The molecular weight excluding hydrogens is 216 g/mol. The van der Waals surface area contributed by atoms with Crippen LogP contribution in [0.5, 0.6) is 0 Å².